The molecule has 0 spiro atoms. The first-order valence-electron chi connectivity index (χ1n) is 10.1. The first-order chi connectivity index (χ1) is 15.9. The molecule has 0 saturated heterocycles. The Labute approximate surface area is 200 Å². The third-order valence-corrected chi connectivity index (χ3v) is 5.34. The van der Waals surface area contributed by atoms with Crippen LogP contribution in [0.25, 0.3) is 0 Å². The van der Waals surface area contributed by atoms with E-state index in [4.69, 9.17) is 14.2 Å². The molecule has 8 heteroatoms. The molecule has 0 unspecified atom stereocenters. The molecule has 172 valence electrons. The van der Waals surface area contributed by atoms with E-state index in [2.05, 4.69) is 15.9 Å². The average molecular weight is 514 g/mol. The fourth-order valence-electron chi connectivity index (χ4n) is 3.28. The molecule has 3 aromatic carbocycles. The van der Waals surface area contributed by atoms with Crippen molar-refractivity contribution in [2.24, 2.45) is 0 Å². The zero-order valence-electron chi connectivity index (χ0n) is 18.3. The summed E-state index contributed by atoms with van der Waals surface area (Å²) in [4.78, 5) is 26.5. The first-order valence-corrected chi connectivity index (χ1v) is 10.9. The number of methoxy groups -OCH3 is 2. The molecule has 0 radical (unpaired) electrons. The van der Waals surface area contributed by atoms with Gasteiger partial charge < -0.3 is 24.2 Å². The third-order valence-electron chi connectivity index (χ3n) is 4.89. The maximum absolute atomic E-state index is 13.2. The van der Waals surface area contributed by atoms with Crippen LogP contribution in [0.1, 0.15) is 21.5 Å². The SMILES string of the molecule is COc1cccc(CN(Cc2ccccc2)C(=O)COc2c(OC)cc(Br)cc2C(=O)O)c1. The predicted molar refractivity (Wildman–Crippen MR) is 127 cm³/mol. The Morgan fingerprint density at radius 3 is 2.27 bits per heavy atom. The number of nitrogens with zero attached hydrogens (tertiary/aromatic N) is 1. The highest BCUT2D eigenvalue weighted by atomic mass is 79.9. The molecule has 0 fully saturated rings. The van der Waals surface area contributed by atoms with Crippen molar-refractivity contribution in [3.8, 4) is 17.2 Å². The molecular weight excluding hydrogens is 490 g/mol. The minimum Gasteiger partial charge on any atom is -0.497 e. The van der Waals surface area contributed by atoms with Gasteiger partial charge in [-0.2, -0.15) is 0 Å². The molecule has 0 aliphatic heterocycles. The van der Waals surface area contributed by atoms with Crippen molar-refractivity contribution in [2.75, 3.05) is 20.8 Å². The largest absolute Gasteiger partial charge is 0.497 e. The van der Waals surface area contributed by atoms with Gasteiger partial charge in [-0.25, -0.2) is 4.79 Å². The quantitative estimate of drug-likeness (QED) is 0.420. The number of halogens is 1. The van der Waals surface area contributed by atoms with Gasteiger partial charge in [0.05, 0.1) is 14.2 Å². The second kappa shape index (κ2) is 11.4. The number of carbonyl (C=O) groups excluding carboxylic acids is 1. The number of ether oxygens (including phenoxy) is 3. The summed E-state index contributed by atoms with van der Waals surface area (Å²) in [7, 11) is 3.00. The van der Waals surface area contributed by atoms with Crippen molar-refractivity contribution in [1.29, 1.82) is 0 Å². The summed E-state index contributed by atoms with van der Waals surface area (Å²) in [6.45, 7) is 0.343. The number of hydrogen-bond acceptors (Lipinski definition) is 5. The van der Waals surface area contributed by atoms with Crippen molar-refractivity contribution < 1.29 is 28.9 Å². The zero-order chi connectivity index (χ0) is 23.8. The number of amides is 1. The van der Waals surface area contributed by atoms with E-state index in [1.165, 1.54) is 13.2 Å². The lowest BCUT2D eigenvalue weighted by Crippen LogP contribution is -2.34. The van der Waals surface area contributed by atoms with Gasteiger partial charge in [-0.3, -0.25) is 4.79 Å². The van der Waals surface area contributed by atoms with Crippen molar-refractivity contribution in [1.82, 2.24) is 4.90 Å². The Morgan fingerprint density at radius 2 is 1.61 bits per heavy atom. The van der Waals surface area contributed by atoms with Gasteiger partial charge in [0.1, 0.15) is 11.3 Å². The van der Waals surface area contributed by atoms with Crippen LogP contribution in [0.15, 0.2) is 71.2 Å². The highest BCUT2D eigenvalue weighted by Gasteiger charge is 2.21. The molecular formula is C25H24BrNO6. The lowest BCUT2D eigenvalue weighted by atomic mass is 10.1. The van der Waals surface area contributed by atoms with E-state index >= 15 is 0 Å². The molecule has 0 bridgehead atoms. The molecule has 7 nitrogen and oxygen atoms in total. The maximum atomic E-state index is 13.2. The van der Waals surface area contributed by atoms with Crippen LogP contribution in [-0.2, 0) is 17.9 Å². The van der Waals surface area contributed by atoms with Crippen LogP contribution in [0.5, 0.6) is 17.2 Å². The van der Waals surface area contributed by atoms with Gasteiger partial charge >= 0.3 is 5.97 Å². The summed E-state index contributed by atoms with van der Waals surface area (Å²) in [5, 5.41) is 9.56. The van der Waals surface area contributed by atoms with Crippen LogP contribution >= 0.6 is 15.9 Å². The third kappa shape index (κ3) is 6.49. The van der Waals surface area contributed by atoms with Gasteiger partial charge in [-0.15, -0.1) is 0 Å². The second-order valence-corrected chi connectivity index (χ2v) is 8.08. The van der Waals surface area contributed by atoms with E-state index in [1.54, 1.807) is 18.1 Å². The fraction of sp³-hybridized carbons (Fsp3) is 0.200. The van der Waals surface area contributed by atoms with Crippen LogP contribution in [0.4, 0.5) is 0 Å². The molecule has 0 heterocycles. The molecule has 1 N–H and O–H groups in total. The van der Waals surface area contributed by atoms with E-state index in [0.29, 0.717) is 23.3 Å². The summed E-state index contributed by atoms with van der Waals surface area (Å²) >= 11 is 3.26. The number of aromatic carboxylic acids is 1. The molecule has 0 aliphatic rings. The van der Waals surface area contributed by atoms with Crippen LogP contribution in [0.3, 0.4) is 0 Å². The molecule has 0 aromatic heterocycles. The molecule has 0 atom stereocenters. The monoisotopic (exact) mass is 513 g/mol. The van der Waals surface area contributed by atoms with E-state index in [9.17, 15) is 14.7 Å². The number of carbonyl (C=O) groups is 2. The predicted octanol–water partition coefficient (Wildman–Crippen LogP) is 4.77. The van der Waals surface area contributed by atoms with Crippen molar-refractivity contribution in [2.45, 2.75) is 13.1 Å². The highest BCUT2D eigenvalue weighted by molar-refractivity contribution is 9.10. The van der Waals surface area contributed by atoms with Gasteiger partial charge in [0, 0.05) is 17.6 Å². The highest BCUT2D eigenvalue weighted by Crippen LogP contribution is 2.35. The number of carboxylic acid groups (broad SMARTS) is 1. The van der Waals surface area contributed by atoms with E-state index in [0.717, 1.165) is 11.1 Å². The molecule has 3 aromatic rings. The number of rotatable bonds is 10. The van der Waals surface area contributed by atoms with Crippen LogP contribution in [0.2, 0.25) is 0 Å². The molecule has 33 heavy (non-hydrogen) atoms. The summed E-state index contributed by atoms with van der Waals surface area (Å²) in [5.74, 6) is -0.571. The van der Waals surface area contributed by atoms with Gasteiger partial charge in [-0.1, -0.05) is 58.4 Å². The Balaban J connectivity index is 1.83. The number of benzene rings is 3. The number of carboxylic acids is 1. The van der Waals surface area contributed by atoms with Crippen LogP contribution < -0.4 is 14.2 Å². The van der Waals surface area contributed by atoms with E-state index in [-0.39, 0.29) is 29.6 Å². The Morgan fingerprint density at radius 1 is 0.909 bits per heavy atom. The smallest absolute Gasteiger partial charge is 0.339 e. The summed E-state index contributed by atoms with van der Waals surface area (Å²) < 4.78 is 16.8. The molecule has 0 aliphatic carbocycles. The Bertz CT molecular complexity index is 1120. The lowest BCUT2D eigenvalue weighted by Gasteiger charge is -2.24. The molecule has 3 rings (SSSR count). The van der Waals surface area contributed by atoms with Crippen molar-refractivity contribution in [3.05, 3.63) is 87.9 Å². The van der Waals surface area contributed by atoms with E-state index in [1.807, 2.05) is 54.6 Å². The molecule has 1 amide bonds. The minimum atomic E-state index is -1.19. The fourth-order valence-corrected chi connectivity index (χ4v) is 3.72. The van der Waals surface area contributed by atoms with E-state index < -0.39 is 5.97 Å². The minimum absolute atomic E-state index is 0.00240. The van der Waals surface area contributed by atoms with Crippen molar-refractivity contribution >= 4 is 27.8 Å². The van der Waals surface area contributed by atoms with Gasteiger partial charge in [0.15, 0.2) is 18.1 Å². The van der Waals surface area contributed by atoms with Gasteiger partial charge in [0.25, 0.3) is 5.91 Å². The Hall–Kier alpha value is -3.52. The maximum Gasteiger partial charge on any atom is 0.339 e. The number of hydrogen-bond donors (Lipinski definition) is 1. The van der Waals surface area contributed by atoms with Crippen LogP contribution in [0, 0.1) is 0 Å². The van der Waals surface area contributed by atoms with Crippen molar-refractivity contribution in [3.63, 3.8) is 0 Å². The Kier molecular flexibility index (Phi) is 8.32. The topological polar surface area (TPSA) is 85.3 Å². The normalized spacial score (nSPS) is 10.4. The standard InChI is InChI=1S/C25H24BrNO6/c1-31-20-10-6-9-18(11-20)15-27(14-17-7-4-3-5-8-17)23(28)16-33-24-21(25(29)30)12-19(26)13-22(24)32-2/h3-13H,14-16H2,1-2H3,(H,29,30). The van der Waals surface area contributed by atoms with Gasteiger partial charge in [-0.05, 0) is 35.4 Å². The zero-order valence-corrected chi connectivity index (χ0v) is 19.9. The second-order valence-electron chi connectivity index (χ2n) is 7.17. The first kappa shape index (κ1) is 24.1. The summed E-state index contributed by atoms with van der Waals surface area (Å²) in [6.07, 6.45) is 0. The lowest BCUT2D eigenvalue weighted by molar-refractivity contribution is -0.134. The average Bonchev–Trinajstić information content (AvgIpc) is 2.82. The van der Waals surface area contributed by atoms with Crippen LogP contribution in [-0.4, -0.2) is 42.7 Å². The molecule has 0 saturated carbocycles. The summed E-state index contributed by atoms with van der Waals surface area (Å²) in [5.41, 5.74) is 1.75. The summed E-state index contributed by atoms with van der Waals surface area (Å²) in [6, 6.07) is 20.1. The van der Waals surface area contributed by atoms with Gasteiger partial charge in [0.2, 0.25) is 0 Å².